The minimum atomic E-state index is -0.0641. The molecule has 0 saturated heterocycles. The van der Waals surface area contributed by atoms with Gasteiger partial charge in [0.2, 0.25) is 0 Å². The lowest BCUT2D eigenvalue weighted by atomic mass is 9.75. The molecule has 5 heteroatoms. The molecule has 1 aliphatic rings. The van der Waals surface area contributed by atoms with Crippen molar-refractivity contribution in [1.29, 1.82) is 0 Å². The minimum Gasteiger partial charge on any atom is -0.349 e. The van der Waals surface area contributed by atoms with Crippen molar-refractivity contribution in [1.82, 2.24) is 19.9 Å². The number of carbonyl (C=O) groups excluding carboxylic acids is 1. The number of carbonyl (C=O) groups is 1. The number of hydrogen-bond acceptors (Lipinski definition) is 3. The predicted octanol–water partition coefficient (Wildman–Crippen LogP) is 2.74. The van der Waals surface area contributed by atoms with E-state index in [1.54, 1.807) is 10.7 Å². The Morgan fingerprint density at radius 1 is 1.48 bits per heavy atom. The molecule has 0 aliphatic heterocycles. The van der Waals surface area contributed by atoms with Gasteiger partial charge in [-0.3, -0.25) is 4.79 Å². The molecule has 2 heterocycles. The van der Waals surface area contributed by atoms with Gasteiger partial charge in [-0.05, 0) is 37.7 Å². The van der Waals surface area contributed by atoms with Crippen LogP contribution in [0.25, 0.3) is 5.65 Å². The summed E-state index contributed by atoms with van der Waals surface area (Å²) in [4.78, 5) is 16.9. The summed E-state index contributed by atoms with van der Waals surface area (Å²) in [6.45, 7) is 6.45. The fourth-order valence-electron chi connectivity index (χ4n) is 3.20. The second-order valence-corrected chi connectivity index (χ2v) is 6.83. The Labute approximate surface area is 124 Å². The van der Waals surface area contributed by atoms with Crippen LogP contribution in [0.1, 0.15) is 55.6 Å². The highest BCUT2D eigenvalue weighted by molar-refractivity contribution is 5.99. The fraction of sp³-hybridized carbons (Fsp3) is 0.562. The van der Waals surface area contributed by atoms with E-state index in [0.717, 1.165) is 18.5 Å². The van der Waals surface area contributed by atoms with Crippen LogP contribution in [-0.4, -0.2) is 26.5 Å². The zero-order valence-electron chi connectivity index (χ0n) is 12.9. The molecule has 1 amide bonds. The molecule has 1 N–H and O–H groups in total. The van der Waals surface area contributed by atoms with Crippen LogP contribution in [0.3, 0.4) is 0 Å². The van der Waals surface area contributed by atoms with Crippen molar-refractivity contribution in [2.75, 3.05) is 0 Å². The van der Waals surface area contributed by atoms with Gasteiger partial charge in [0.1, 0.15) is 5.56 Å². The zero-order valence-corrected chi connectivity index (χ0v) is 12.9. The van der Waals surface area contributed by atoms with Crippen LogP contribution in [0, 0.1) is 12.3 Å². The molecular weight excluding hydrogens is 264 g/mol. The quantitative estimate of drug-likeness (QED) is 0.923. The Bertz CT molecular complexity index is 674. The lowest BCUT2D eigenvalue weighted by molar-refractivity contribution is 0.0904. The second-order valence-electron chi connectivity index (χ2n) is 6.83. The van der Waals surface area contributed by atoms with E-state index in [9.17, 15) is 4.79 Å². The topological polar surface area (TPSA) is 59.3 Å². The fourth-order valence-corrected chi connectivity index (χ4v) is 3.20. The zero-order chi connectivity index (χ0) is 15.0. The maximum atomic E-state index is 12.5. The van der Waals surface area contributed by atoms with E-state index in [2.05, 4.69) is 29.2 Å². The largest absolute Gasteiger partial charge is 0.349 e. The maximum absolute atomic E-state index is 12.5. The van der Waals surface area contributed by atoms with E-state index >= 15 is 0 Å². The third-order valence-corrected chi connectivity index (χ3v) is 4.29. The first-order valence-electron chi connectivity index (χ1n) is 7.56. The Morgan fingerprint density at radius 3 is 3.05 bits per heavy atom. The van der Waals surface area contributed by atoms with Crippen LogP contribution in [0.5, 0.6) is 0 Å². The smallest absolute Gasteiger partial charge is 0.256 e. The number of hydrogen-bond donors (Lipinski definition) is 1. The van der Waals surface area contributed by atoms with Crippen molar-refractivity contribution in [2.45, 2.75) is 52.5 Å². The van der Waals surface area contributed by atoms with E-state index in [0.29, 0.717) is 16.6 Å². The van der Waals surface area contributed by atoms with Gasteiger partial charge in [-0.25, -0.2) is 9.50 Å². The number of fused-ring (bicyclic) bond motifs is 1. The average Bonchev–Trinajstić information content (AvgIpc) is 2.80. The van der Waals surface area contributed by atoms with Crippen LogP contribution >= 0.6 is 0 Å². The summed E-state index contributed by atoms with van der Waals surface area (Å²) in [6.07, 6.45) is 7.93. The molecule has 1 aliphatic carbocycles. The maximum Gasteiger partial charge on any atom is 0.256 e. The Kier molecular flexibility index (Phi) is 3.43. The molecule has 0 spiro atoms. The van der Waals surface area contributed by atoms with E-state index in [4.69, 9.17) is 0 Å². The van der Waals surface area contributed by atoms with Gasteiger partial charge in [0.15, 0.2) is 5.65 Å². The Morgan fingerprint density at radius 2 is 2.29 bits per heavy atom. The lowest BCUT2D eigenvalue weighted by Crippen LogP contribution is -2.40. The van der Waals surface area contributed by atoms with Gasteiger partial charge in [-0.1, -0.05) is 20.3 Å². The first-order valence-corrected chi connectivity index (χ1v) is 7.56. The molecule has 1 unspecified atom stereocenters. The molecule has 21 heavy (non-hydrogen) atoms. The number of nitrogens with zero attached hydrogens (tertiary/aromatic N) is 3. The van der Waals surface area contributed by atoms with Gasteiger partial charge in [0.25, 0.3) is 5.91 Å². The number of aromatic nitrogens is 3. The third-order valence-electron chi connectivity index (χ3n) is 4.29. The first-order chi connectivity index (χ1) is 9.94. The lowest BCUT2D eigenvalue weighted by Gasteiger charge is -2.35. The van der Waals surface area contributed by atoms with Crippen LogP contribution in [0.2, 0.25) is 0 Å². The number of aryl methyl sites for hydroxylation is 1. The molecule has 1 saturated carbocycles. The van der Waals surface area contributed by atoms with Crippen molar-refractivity contribution >= 4 is 11.6 Å². The standard InChI is InChI=1S/C16H22N4O/c1-11-6-8-20-14(18-11)13(10-17-20)15(21)19-12-5-4-7-16(2,3)9-12/h6,8,10,12H,4-5,7,9H2,1-3H3,(H,19,21). The highest BCUT2D eigenvalue weighted by Gasteiger charge is 2.29. The van der Waals surface area contributed by atoms with E-state index < -0.39 is 0 Å². The van der Waals surface area contributed by atoms with Crippen LogP contribution in [-0.2, 0) is 0 Å². The number of rotatable bonds is 2. The van der Waals surface area contributed by atoms with Gasteiger partial charge in [0, 0.05) is 17.9 Å². The summed E-state index contributed by atoms with van der Waals surface area (Å²) >= 11 is 0. The molecule has 2 aromatic rings. The summed E-state index contributed by atoms with van der Waals surface area (Å²) in [5, 5.41) is 7.35. The average molecular weight is 286 g/mol. The van der Waals surface area contributed by atoms with E-state index in [-0.39, 0.29) is 11.9 Å². The van der Waals surface area contributed by atoms with Gasteiger partial charge < -0.3 is 5.32 Å². The molecule has 112 valence electrons. The molecule has 5 nitrogen and oxygen atoms in total. The van der Waals surface area contributed by atoms with Crippen molar-refractivity contribution in [2.24, 2.45) is 5.41 Å². The molecule has 2 aromatic heterocycles. The monoisotopic (exact) mass is 286 g/mol. The van der Waals surface area contributed by atoms with Crippen molar-refractivity contribution in [3.05, 3.63) is 29.7 Å². The van der Waals surface area contributed by atoms with Crippen molar-refractivity contribution in [3.8, 4) is 0 Å². The van der Waals surface area contributed by atoms with Crippen LogP contribution in [0.15, 0.2) is 18.5 Å². The molecular formula is C16H22N4O. The van der Waals surface area contributed by atoms with E-state index in [1.807, 2.05) is 19.2 Å². The van der Waals surface area contributed by atoms with Crippen LogP contribution in [0.4, 0.5) is 0 Å². The van der Waals surface area contributed by atoms with E-state index in [1.165, 1.54) is 12.8 Å². The molecule has 3 rings (SSSR count). The molecule has 1 atom stereocenters. The van der Waals surface area contributed by atoms with Crippen LogP contribution < -0.4 is 5.32 Å². The normalized spacial score (nSPS) is 21.4. The van der Waals surface area contributed by atoms with Gasteiger partial charge in [0.05, 0.1) is 6.20 Å². The summed E-state index contributed by atoms with van der Waals surface area (Å²) < 4.78 is 1.65. The Balaban J connectivity index is 1.79. The van der Waals surface area contributed by atoms with Gasteiger partial charge in [-0.2, -0.15) is 5.10 Å². The molecule has 0 bridgehead atoms. The Hall–Kier alpha value is -1.91. The highest BCUT2D eigenvalue weighted by Crippen LogP contribution is 2.35. The SMILES string of the molecule is Cc1ccn2ncc(C(=O)NC3CCCC(C)(C)C3)c2n1. The van der Waals surface area contributed by atoms with Crippen molar-refractivity contribution in [3.63, 3.8) is 0 Å². The van der Waals surface area contributed by atoms with Crippen molar-refractivity contribution < 1.29 is 4.79 Å². The number of nitrogens with one attached hydrogen (secondary N) is 1. The second kappa shape index (κ2) is 5.13. The third kappa shape index (κ3) is 2.91. The molecule has 0 aromatic carbocycles. The number of amides is 1. The predicted molar refractivity (Wildman–Crippen MR) is 81.2 cm³/mol. The summed E-state index contributed by atoms with van der Waals surface area (Å²) in [5.41, 5.74) is 2.38. The summed E-state index contributed by atoms with van der Waals surface area (Å²) in [7, 11) is 0. The summed E-state index contributed by atoms with van der Waals surface area (Å²) in [5.74, 6) is -0.0641. The molecule has 1 fully saturated rings. The molecule has 0 radical (unpaired) electrons. The first kappa shape index (κ1) is 14.0. The van der Waals surface area contributed by atoms with Gasteiger partial charge >= 0.3 is 0 Å². The summed E-state index contributed by atoms with van der Waals surface area (Å²) in [6, 6.07) is 2.13. The van der Waals surface area contributed by atoms with Gasteiger partial charge in [-0.15, -0.1) is 0 Å². The highest BCUT2D eigenvalue weighted by atomic mass is 16.1. The minimum absolute atomic E-state index is 0.0641.